The van der Waals surface area contributed by atoms with E-state index in [0.717, 1.165) is 50.4 Å². The molecular weight excluding hydrogens is 536 g/mol. The number of hydrogen-bond donors (Lipinski definition) is 0. The number of fused-ring (bicyclic) bond motifs is 4. The summed E-state index contributed by atoms with van der Waals surface area (Å²) in [6, 6.07) is 18.3. The van der Waals surface area contributed by atoms with E-state index in [4.69, 9.17) is 9.47 Å². The SMILES string of the molecule is CCCCCCCCOc1cc(CC2C/C=C\c3c(C)ccc(c3C)-c3ccc(C)cc32)cc(OCCCCCCCC)c1. The van der Waals surface area contributed by atoms with E-state index in [9.17, 15) is 0 Å². The second kappa shape index (κ2) is 18.1. The average Bonchev–Trinajstić information content (AvgIpc) is 3.04. The molecule has 0 aliphatic heterocycles. The molecule has 0 spiro atoms. The van der Waals surface area contributed by atoms with Gasteiger partial charge in [-0.2, -0.15) is 0 Å². The first-order valence-electron chi connectivity index (χ1n) is 17.8. The first-order valence-corrected chi connectivity index (χ1v) is 17.8. The van der Waals surface area contributed by atoms with Crippen molar-refractivity contribution in [2.75, 3.05) is 13.2 Å². The largest absolute Gasteiger partial charge is 0.493 e. The lowest BCUT2D eigenvalue weighted by atomic mass is 9.83. The van der Waals surface area contributed by atoms with Gasteiger partial charge in [-0.1, -0.05) is 126 Å². The van der Waals surface area contributed by atoms with Gasteiger partial charge in [-0.25, -0.2) is 0 Å². The maximum Gasteiger partial charge on any atom is 0.123 e. The van der Waals surface area contributed by atoms with Crippen LogP contribution < -0.4 is 9.47 Å². The zero-order valence-corrected chi connectivity index (χ0v) is 28.5. The molecule has 1 aliphatic rings. The van der Waals surface area contributed by atoms with Gasteiger partial charge in [0, 0.05) is 6.07 Å². The van der Waals surface area contributed by atoms with Crippen LogP contribution in [0.15, 0.2) is 54.6 Å². The third-order valence-electron chi connectivity index (χ3n) is 9.33. The fourth-order valence-electron chi connectivity index (χ4n) is 6.69. The summed E-state index contributed by atoms with van der Waals surface area (Å²) < 4.78 is 12.7. The smallest absolute Gasteiger partial charge is 0.123 e. The van der Waals surface area contributed by atoms with Gasteiger partial charge in [-0.15, -0.1) is 0 Å². The predicted octanol–water partition coefficient (Wildman–Crippen LogP) is 12.5. The Morgan fingerprint density at radius 3 is 1.86 bits per heavy atom. The summed E-state index contributed by atoms with van der Waals surface area (Å²) in [6.45, 7) is 12.8. The topological polar surface area (TPSA) is 18.5 Å². The molecule has 238 valence electrons. The summed E-state index contributed by atoms with van der Waals surface area (Å²) in [6.07, 6.45) is 22.0. The molecule has 0 N–H and O–H groups in total. The van der Waals surface area contributed by atoms with E-state index in [2.05, 4.69) is 95.3 Å². The molecule has 1 aliphatic carbocycles. The van der Waals surface area contributed by atoms with Crippen LogP contribution in [0.3, 0.4) is 0 Å². The van der Waals surface area contributed by atoms with Crippen molar-refractivity contribution in [3.63, 3.8) is 0 Å². The summed E-state index contributed by atoms with van der Waals surface area (Å²) in [5.41, 5.74) is 10.9. The van der Waals surface area contributed by atoms with Crippen LogP contribution in [0, 0.1) is 20.8 Å². The lowest BCUT2D eigenvalue weighted by molar-refractivity contribution is 0.289. The summed E-state index contributed by atoms with van der Waals surface area (Å²) in [4.78, 5) is 0. The number of hydrogen-bond acceptors (Lipinski definition) is 2. The summed E-state index contributed by atoms with van der Waals surface area (Å²) in [5.74, 6) is 2.28. The first kappa shape index (κ1) is 33.9. The highest BCUT2D eigenvalue weighted by Crippen LogP contribution is 2.40. The van der Waals surface area contributed by atoms with Crippen molar-refractivity contribution in [3.8, 4) is 22.6 Å². The van der Waals surface area contributed by atoms with Gasteiger partial charge in [-0.3, -0.25) is 0 Å². The monoisotopic (exact) mass is 594 g/mol. The fraction of sp³-hybridized carbons (Fsp3) is 0.524. The van der Waals surface area contributed by atoms with Gasteiger partial charge in [0.1, 0.15) is 11.5 Å². The second-order valence-electron chi connectivity index (χ2n) is 13.1. The molecular formula is C42H58O2. The number of rotatable bonds is 18. The van der Waals surface area contributed by atoms with E-state index in [1.54, 1.807) is 0 Å². The Labute approximate surface area is 269 Å². The number of ether oxygens (including phenoxy) is 2. The van der Waals surface area contributed by atoms with E-state index in [1.165, 1.54) is 109 Å². The molecule has 2 bridgehead atoms. The van der Waals surface area contributed by atoms with Crippen LogP contribution in [-0.2, 0) is 6.42 Å². The highest BCUT2D eigenvalue weighted by Gasteiger charge is 2.21. The Morgan fingerprint density at radius 2 is 1.23 bits per heavy atom. The van der Waals surface area contributed by atoms with E-state index >= 15 is 0 Å². The summed E-state index contributed by atoms with van der Waals surface area (Å²) >= 11 is 0. The Bertz CT molecular complexity index is 1300. The maximum atomic E-state index is 6.37. The van der Waals surface area contributed by atoms with E-state index in [-0.39, 0.29) is 0 Å². The summed E-state index contributed by atoms with van der Waals surface area (Å²) in [7, 11) is 0. The minimum Gasteiger partial charge on any atom is -0.493 e. The molecule has 4 rings (SSSR count). The number of aryl methyl sites for hydroxylation is 2. The van der Waals surface area contributed by atoms with Gasteiger partial charge in [0.25, 0.3) is 0 Å². The van der Waals surface area contributed by atoms with Crippen molar-refractivity contribution in [1.29, 1.82) is 0 Å². The van der Waals surface area contributed by atoms with Crippen LogP contribution in [0.1, 0.15) is 137 Å². The van der Waals surface area contributed by atoms with Gasteiger partial charge in [-0.05, 0) is 103 Å². The van der Waals surface area contributed by atoms with Crippen LogP contribution in [-0.4, -0.2) is 13.2 Å². The average molecular weight is 595 g/mol. The van der Waals surface area contributed by atoms with Crippen LogP contribution in [0.5, 0.6) is 11.5 Å². The van der Waals surface area contributed by atoms with Gasteiger partial charge >= 0.3 is 0 Å². The molecule has 0 saturated carbocycles. The zero-order valence-electron chi connectivity index (χ0n) is 28.5. The minimum absolute atomic E-state index is 0.371. The highest BCUT2D eigenvalue weighted by molar-refractivity contribution is 5.77. The minimum atomic E-state index is 0.371. The third kappa shape index (κ3) is 10.0. The molecule has 2 heteroatoms. The Morgan fingerprint density at radius 1 is 0.636 bits per heavy atom. The normalized spacial score (nSPS) is 14.8. The molecule has 2 nitrogen and oxygen atoms in total. The zero-order chi connectivity index (χ0) is 31.1. The van der Waals surface area contributed by atoms with Crippen molar-refractivity contribution in [3.05, 3.63) is 88.0 Å². The lowest BCUT2D eigenvalue weighted by Gasteiger charge is -2.22. The van der Waals surface area contributed by atoms with Crippen LogP contribution in [0.25, 0.3) is 17.2 Å². The lowest BCUT2D eigenvalue weighted by Crippen LogP contribution is -2.07. The Balaban J connectivity index is 1.54. The molecule has 0 radical (unpaired) electrons. The predicted molar refractivity (Wildman–Crippen MR) is 190 cm³/mol. The molecule has 0 aromatic heterocycles. The van der Waals surface area contributed by atoms with Crippen LogP contribution in [0.2, 0.25) is 0 Å². The van der Waals surface area contributed by atoms with Gasteiger partial charge < -0.3 is 9.47 Å². The quantitative estimate of drug-likeness (QED) is 0.136. The van der Waals surface area contributed by atoms with Crippen LogP contribution in [0.4, 0.5) is 0 Å². The second-order valence-corrected chi connectivity index (χ2v) is 13.1. The van der Waals surface area contributed by atoms with E-state index in [1.807, 2.05) is 0 Å². The highest BCUT2D eigenvalue weighted by atomic mass is 16.5. The molecule has 0 heterocycles. The molecule has 0 fully saturated rings. The summed E-state index contributed by atoms with van der Waals surface area (Å²) in [5, 5.41) is 0. The van der Waals surface area contributed by atoms with Crippen molar-refractivity contribution < 1.29 is 9.47 Å². The molecule has 3 aromatic carbocycles. The standard InChI is InChI=1S/C42H58O2/c1-6-8-10-12-14-16-25-43-37-29-35(30-38(31-37)44-26-17-15-13-11-9-7-2)28-36-19-18-20-39-33(4)22-24-40(34(39)5)41-23-21-32(3)27-42(36)41/h18,20-24,27,29-31,36H,6-17,19,25-26,28H2,1-5H3/b20-18-. The molecule has 1 unspecified atom stereocenters. The van der Waals surface area contributed by atoms with Crippen LogP contribution >= 0.6 is 0 Å². The molecule has 0 amide bonds. The van der Waals surface area contributed by atoms with E-state index in [0.29, 0.717) is 5.92 Å². The van der Waals surface area contributed by atoms with E-state index < -0.39 is 0 Å². The number of benzene rings is 3. The van der Waals surface area contributed by atoms with Crippen molar-refractivity contribution >= 4 is 6.08 Å². The van der Waals surface area contributed by atoms with Gasteiger partial charge in [0.2, 0.25) is 0 Å². The first-order chi connectivity index (χ1) is 21.5. The van der Waals surface area contributed by atoms with Gasteiger partial charge in [0.15, 0.2) is 0 Å². The molecule has 3 aromatic rings. The van der Waals surface area contributed by atoms with Crippen molar-refractivity contribution in [2.45, 2.75) is 130 Å². The third-order valence-corrected chi connectivity index (χ3v) is 9.33. The number of allylic oxidation sites excluding steroid dienone is 1. The van der Waals surface area contributed by atoms with Crippen molar-refractivity contribution in [1.82, 2.24) is 0 Å². The van der Waals surface area contributed by atoms with Crippen molar-refractivity contribution in [2.24, 2.45) is 0 Å². The fourth-order valence-corrected chi connectivity index (χ4v) is 6.69. The molecule has 44 heavy (non-hydrogen) atoms. The maximum absolute atomic E-state index is 6.37. The number of unbranched alkanes of at least 4 members (excludes halogenated alkanes) is 10. The Hall–Kier alpha value is -3.00. The Kier molecular flexibility index (Phi) is 13.9. The molecule has 0 saturated heterocycles. The molecule has 1 atom stereocenters. The van der Waals surface area contributed by atoms with Gasteiger partial charge in [0.05, 0.1) is 13.2 Å².